The summed E-state index contributed by atoms with van der Waals surface area (Å²) in [5.41, 5.74) is 5.96. The third-order valence-electron chi connectivity index (χ3n) is 1.49. The highest BCUT2D eigenvalue weighted by Gasteiger charge is 2.07. The minimum atomic E-state index is -0.649. The molecule has 3 heteroatoms. The summed E-state index contributed by atoms with van der Waals surface area (Å²) in [7, 11) is 0. The van der Waals surface area contributed by atoms with Crippen LogP contribution in [-0.2, 0) is 0 Å². The second-order valence-electron chi connectivity index (χ2n) is 2.27. The molecule has 0 amide bonds. The maximum absolute atomic E-state index is 9.30. The molecular formula is C8H10ClNO. The van der Waals surface area contributed by atoms with Crippen LogP contribution in [0.15, 0.2) is 24.3 Å². The number of halogens is 1. The highest BCUT2D eigenvalue weighted by Crippen LogP contribution is 2.21. The van der Waals surface area contributed by atoms with E-state index < -0.39 is 6.10 Å². The number of rotatable bonds is 2. The van der Waals surface area contributed by atoms with Crippen molar-refractivity contribution in [2.75, 3.05) is 6.54 Å². The van der Waals surface area contributed by atoms with Crippen LogP contribution in [0.5, 0.6) is 0 Å². The van der Waals surface area contributed by atoms with E-state index in [-0.39, 0.29) is 6.54 Å². The van der Waals surface area contributed by atoms with E-state index in [2.05, 4.69) is 0 Å². The number of nitrogens with two attached hydrogens (primary N) is 1. The van der Waals surface area contributed by atoms with Gasteiger partial charge in [0.2, 0.25) is 0 Å². The van der Waals surface area contributed by atoms with Crippen LogP contribution in [0.3, 0.4) is 0 Å². The van der Waals surface area contributed by atoms with Crippen LogP contribution >= 0.6 is 11.6 Å². The molecule has 11 heavy (non-hydrogen) atoms. The van der Waals surface area contributed by atoms with Gasteiger partial charge in [-0.05, 0) is 6.07 Å². The SMILES string of the molecule is NC[C@H](O)c1ccccc1Cl. The molecule has 0 saturated carbocycles. The van der Waals surface area contributed by atoms with Crippen LogP contribution in [0, 0.1) is 0 Å². The molecular weight excluding hydrogens is 162 g/mol. The minimum absolute atomic E-state index is 0.198. The smallest absolute Gasteiger partial charge is 0.0926 e. The van der Waals surface area contributed by atoms with E-state index in [4.69, 9.17) is 17.3 Å². The Labute approximate surface area is 70.6 Å². The van der Waals surface area contributed by atoms with Gasteiger partial charge in [-0.15, -0.1) is 0 Å². The summed E-state index contributed by atoms with van der Waals surface area (Å²) in [5, 5.41) is 9.86. The summed E-state index contributed by atoms with van der Waals surface area (Å²) in [6, 6.07) is 7.13. The van der Waals surface area contributed by atoms with Crippen LogP contribution in [0.2, 0.25) is 5.02 Å². The maximum atomic E-state index is 9.30. The lowest BCUT2D eigenvalue weighted by Gasteiger charge is -2.08. The summed E-state index contributed by atoms with van der Waals surface area (Å²) in [4.78, 5) is 0. The topological polar surface area (TPSA) is 46.2 Å². The monoisotopic (exact) mass is 171 g/mol. The molecule has 1 atom stereocenters. The zero-order valence-electron chi connectivity index (χ0n) is 6.00. The molecule has 0 aliphatic carbocycles. The molecule has 60 valence electrons. The summed E-state index contributed by atoms with van der Waals surface area (Å²) < 4.78 is 0. The van der Waals surface area contributed by atoms with Crippen molar-refractivity contribution in [3.05, 3.63) is 34.9 Å². The molecule has 0 bridgehead atoms. The molecule has 1 aromatic rings. The summed E-state index contributed by atoms with van der Waals surface area (Å²) >= 11 is 5.78. The normalized spacial score (nSPS) is 13.0. The van der Waals surface area contributed by atoms with Gasteiger partial charge in [-0.3, -0.25) is 0 Å². The second-order valence-corrected chi connectivity index (χ2v) is 2.68. The van der Waals surface area contributed by atoms with Gasteiger partial charge in [0.05, 0.1) is 6.10 Å². The van der Waals surface area contributed by atoms with Crippen LogP contribution < -0.4 is 5.73 Å². The molecule has 0 radical (unpaired) electrons. The van der Waals surface area contributed by atoms with Crippen molar-refractivity contribution in [1.29, 1.82) is 0 Å². The Morgan fingerprint density at radius 2 is 2.09 bits per heavy atom. The largest absolute Gasteiger partial charge is 0.387 e. The van der Waals surface area contributed by atoms with Crippen molar-refractivity contribution in [2.45, 2.75) is 6.10 Å². The van der Waals surface area contributed by atoms with E-state index in [1.165, 1.54) is 0 Å². The number of aliphatic hydroxyl groups excluding tert-OH is 1. The molecule has 3 N–H and O–H groups in total. The number of aliphatic hydroxyl groups is 1. The molecule has 1 rings (SSSR count). The molecule has 0 unspecified atom stereocenters. The van der Waals surface area contributed by atoms with E-state index in [1.54, 1.807) is 12.1 Å². The molecule has 0 heterocycles. The van der Waals surface area contributed by atoms with Gasteiger partial charge in [0.15, 0.2) is 0 Å². The lowest BCUT2D eigenvalue weighted by molar-refractivity contribution is 0.187. The molecule has 0 aromatic heterocycles. The third-order valence-corrected chi connectivity index (χ3v) is 1.83. The van der Waals surface area contributed by atoms with E-state index in [9.17, 15) is 5.11 Å². The quantitative estimate of drug-likeness (QED) is 0.706. The summed E-state index contributed by atoms with van der Waals surface area (Å²) in [6.45, 7) is 0.198. The predicted molar refractivity (Wildman–Crippen MR) is 45.5 cm³/mol. The Hall–Kier alpha value is -0.570. The number of hydrogen-bond donors (Lipinski definition) is 2. The van der Waals surface area contributed by atoms with E-state index in [1.807, 2.05) is 12.1 Å². The van der Waals surface area contributed by atoms with E-state index in [0.717, 1.165) is 0 Å². The van der Waals surface area contributed by atoms with Gasteiger partial charge < -0.3 is 10.8 Å². The van der Waals surface area contributed by atoms with Crippen molar-refractivity contribution in [3.63, 3.8) is 0 Å². The van der Waals surface area contributed by atoms with E-state index in [0.29, 0.717) is 10.6 Å². The lowest BCUT2D eigenvalue weighted by Crippen LogP contribution is -2.11. The minimum Gasteiger partial charge on any atom is -0.387 e. The van der Waals surface area contributed by atoms with Crippen molar-refractivity contribution < 1.29 is 5.11 Å². The number of hydrogen-bond acceptors (Lipinski definition) is 2. The molecule has 0 aliphatic heterocycles. The van der Waals surface area contributed by atoms with Crippen LogP contribution in [-0.4, -0.2) is 11.7 Å². The Bertz CT molecular complexity index is 239. The predicted octanol–water partition coefficient (Wildman–Crippen LogP) is 1.33. The first kappa shape index (κ1) is 8.53. The lowest BCUT2D eigenvalue weighted by atomic mass is 10.1. The zero-order chi connectivity index (χ0) is 8.27. The standard InChI is InChI=1S/C8H10ClNO/c9-7-4-2-1-3-6(7)8(11)5-10/h1-4,8,11H,5,10H2/t8-/m0/s1. The Morgan fingerprint density at radius 3 is 2.64 bits per heavy atom. The van der Waals surface area contributed by atoms with Gasteiger partial charge in [-0.25, -0.2) is 0 Å². The summed E-state index contributed by atoms with van der Waals surface area (Å²) in [6.07, 6.45) is -0.649. The van der Waals surface area contributed by atoms with Crippen molar-refractivity contribution in [3.8, 4) is 0 Å². The first-order valence-electron chi connectivity index (χ1n) is 3.38. The van der Waals surface area contributed by atoms with Gasteiger partial charge in [0, 0.05) is 17.1 Å². The third kappa shape index (κ3) is 1.93. The molecule has 2 nitrogen and oxygen atoms in total. The first-order valence-corrected chi connectivity index (χ1v) is 3.76. The average Bonchev–Trinajstić information content (AvgIpc) is 2.04. The van der Waals surface area contributed by atoms with Crippen molar-refractivity contribution in [2.24, 2.45) is 5.73 Å². The maximum Gasteiger partial charge on any atom is 0.0926 e. The highest BCUT2D eigenvalue weighted by atomic mass is 35.5. The fraction of sp³-hybridized carbons (Fsp3) is 0.250. The van der Waals surface area contributed by atoms with Crippen LogP contribution in [0.1, 0.15) is 11.7 Å². The van der Waals surface area contributed by atoms with Gasteiger partial charge in [0.1, 0.15) is 0 Å². The van der Waals surface area contributed by atoms with Crippen molar-refractivity contribution in [1.82, 2.24) is 0 Å². The molecule has 1 aromatic carbocycles. The van der Waals surface area contributed by atoms with Crippen molar-refractivity contribution >= 4 is 11.6 Å². The Morgan fingerprint density at radius 1 is 1.45 bits per heavy atom. The number of benzene rings is 1. The van der Waals surface area contributed by atoms with Gasteiger partial charge in [-0.2, -0.15) is 0 Å². The Balaban J connectivity index is 2.93. The van der Waals surface area contributed by atoms with Gasteiger partial charge >= 0.3 is 0 Å². The summed E-state index contributed by atoms with van der Waals surface area (Å²) in [5.74, 6) is 0. The van der Waals surface area contributed by atoms with Gasteiger partial charge in [-0.1, -0.05) is 29.8 Å². The molecule has 0 saturated heterocycles. The Kier molecular flexibility index (Phi) is 2.88. The molecule has 0 spiro atoms. The van der Waals surface area contributed by atoms with Gasteiger partial charge in [0.25, 0.3) is 0 Å². The molecule has 0 fully saturated rings. The average molecular weight is 172 g/mol. The highest BCUT2D eigenvalue weighted by molar-refractivity contribution is 6.31. The van der Waals surface area contributed by atoms with Crippen LogP contribution in [0.25, 0.3) is 0 Å². The zero-order valence-corrected chi connectivity index (χ0v) is 6.75. The fourth-order valence-corrected chi connectivity index (χ4v) is 1.13. The molecule has 0 aliphatic rings. The second kappa shape index (κ2) is 3.72. The van der Waals surface area contributed by atoms with Crippen LogP contribution in [0.4, 0.5) is 0 Å². The van der Waals surface area contributed by atoms with E-state index >= 15 is 0 Å². The first-order chi connectivity index (χ1) is 5.25. The fourth-order valence-electron chi connectivity index (χ4n) is 0.872.